The second-order valence-electron chi connectivity index (χ2n) is 4.90. The quantitative estimate of drug-likeness (QED) is 0.798. The molecule has 1 rings (SSSR count). The first-order chi connectivity index (χ1) is 9.43. The zero-order chi connectivity index (χ0) is 15.1. The molecule has 0 saturated heterocycles. The summed E-state index contributed by atoms with van der Waals surface area (Å²) in [5, 5.41) is 9.37. The van der Waals surface area contributed by atoms with Crippen LogP contribution in [0.25, 0.3) is 0 Å². The number of nitrogens with zero attached hydrogens (tertiary/aromatic N) is 2. The second kappa shape index (κ2) is 7.47. The Labute approximate surface area is 118 Å². The summed E-state index contributed by atoms with van der Waals surface area (Å²) in [5.74, 6) is -0.415. The number of pyridine rings is 1. The highest BCUT2D eigenvalue weighted by Crippen LogP contribution is 2.12. The topological polar surface area (TPSA) is 79.7 Å². The maximum Gasteiger partial charge on any atom is 0.307 e. The molecule has 0 spiro atoms. The van der Waals surface area contributed by atoms with Crippen molar-refractivity contribution in [3.63, 3.8) is 0 Å². The van der Waals surface area contributed by atoms with E-state index >= 15 is 0 Å². The van der Waals surface area contributed by atoms with Crippen LogP contribution in [-0.4, -0.2) is 47.1 Å². The van der Waals surface area contributed by atoms with Crippen molar-refractivity contribution in [2.24, 2.45) is 5.92 Å². The van der Waals surface area contributed by atoms with Crippen molar-refractivity contribution in [2.45, 2.75) is 20.3 Å². The summed E-state index contributed by atoms with van der Waals surface area (Å²) in [5.41, 5.74) is 0.301. The number of aromatic nitrogens is 1. The average molecular weight is 280 g/mol. The van der Waals surface area contributed by atoms with Gasteiger partial charge in [-0.3, -0.25) is 14.6 Å². The largest absolute Gasteiger partial charge is 0.506 e. The summed E-state index contributed by atoms with van der Waals surface area (Å²) in [6.45, 7) is 4.77. The summed E-state index contributed by atoms with van der Waals surface area (Å²) in [6.07, 6.45) is 2.80. The zero-order valence-electron chi connectivity index (χ0n) is 12.0. The van der Waals surface area contributed by atoms with Crippen molar-refractivity contribution in [1.29, 1.82) is 0 Å². The van der Waals surface area contributed by atoms with E-state index in [1.54, 1.807) is 4.90 Å². The van der Waals surface area contributed by atoms with Gasteiger partial charge in [-0.2, -0.15) is 0 Å². The van der Waals surface area contributed by atoms with Gasteiger partial charge >= 0.3 is 5.97 Å². The van der Waals surface area contributed by atoms with E-state index in [2.05, 4.69) is 9.72 Å². The van der Waals surface area contributed by atoms with Crippen molar-refractivity contribution in [2.75, 3.05) is 20.2 Å². The van der Waals surface area contributed by atoms with Gasteiger partial charge in [-0.15, -0.1) is 0 Å². The van der Waals surface area contributed by atoms with E-state index in [4.69, 9.17) is 0 Å². The summed E-state index contributed by atoms with van der Waals surface area (Å²) < 4.78 is 4.58. The number of amides is 1. The summed E-state index contributed by atoms with van der Waals surface area (Å²) in [7, 11) is 1.32. The van der Waals surface area contributed by atoms with E-state index < -0.39 is 0 Å². The number of rotatable bonds is 6. The van der Waals surface area contributed by atoms with Gasteiger partial charge in [0, 0.05) is 19.3 Å². The Bertz CT molecular complexity index is 474. The summed E-state index contributed by atoms with van der Waals surface area (Å²) in [6, 6.07) is 1.36. The molecule has 0 atom stereocenters. The third kappa shape index (κ3) is 4.87. The van der Waals surface area contributed by atoms with E-state index in [0.29, 0.717) is 12.1 Å². The molecular weight excluding hydrogens is 260 g/mol. The molecule has 0 unspecified atom stereocenters. The molecule has 110 valence electrons. The minimum absolute atomic E-state index is 0.0617. The third-order valence-electron chi connectivity index (χ3n) is 2.66. The van der Waals surface area contributed by atoms with E-state index in [0.717, 1.165) is 0 Å². The third-order valence-corrected chi connectivity index (χ3v) is 2.66. The van der Waals surface area contributed by atoms with Crippen LogP contribution in [0, 0.1) is 5.92 Å². The maximum atomic E-state index is 12.4. The molecule has 0 fully saturated rings. The molecule has 6 nitrogen and oxygen atoms in total. The minimum atomic E-state index is -0.361. The average Bonchev–Trinajstić information content (AvgIpc) is 2.41. The summed E-state index contributed by atoms with van der Waals surface area (Å²) >= 11 is 0. The van der Waals surface area contributed by atoms with E-state index in [-0.39, 0.29) is 36.5 Å². The molecule has 1 aromatic heterocycles. The molecule has 0 aliphatic heterocycles. The van der Waals surface area contributed by atoms with E-state index in [1.165, 1.54) is 25.6 Å². The lowest BCUT2D eigenvalue weighted by atomic mass is 10.1. The minimum Gasteiger partial charge on any atom is -0.506 e. The van der Waals surface area contributed by atoms with Gasteiger partial charge in [0.05, 0.1) is 25.3 Å². The highest BCUT2D eigenvalue weighted by Gasteiger charge is 2.18. The Balaban J connectivity index is 2.81. The number of ether oxygens (including phenoxy) is 1. The van der Waals surface area contributed by atoms with E-state index in [1.807, 2.05) is 13.8 Å². The molecule has 1 heterocycles. The fraction of sp³-hybridized carbons (Fsp3) is 0.500. The molecule has 0 bridgehead atoms. The first-order valence-electron chi connectivity index (χ1n) is 6.44. The van der Waals surface area contributed by atoms with Crippen molar-refractivity contribution in [3.8, 4) is 5.75 Å². The first-order valence-corrected chi connectivity index (χ1v) is 6.44. The van der Waals surface area contributed by atoms with Crippen LogP contribution in [0.5, 0.6) is 5.75 Å². The van der Waals surface area contributed by atoms with Gasteiger partial charge in [0.2, 0.25) is 0 Å². The first kappa shape index (κ1) is 15.9. The monoisotopic (exact) mass is 280 g/mol. The Kier molecular flexibility index (Phi) is 5.96. The Morgan fingerprint density at radius 2 is 2.10 bits per heavy atom. The zero-order valence-corrected chi connectivity index (χ0v) is 12.0. The number of hydrogen-bond donors (Lipinski definition) is 1. The molecular formula is C14H20N2O4. The molecule has 1 amide bonds. The molecule has 6 heteroatoms. The lowest BCUT2D eigenvalue weighted by Gasteiger charge is -2.24. The van der Waals surface area contributed by atoms with Gasteiger partial charge in [0.1, 0.15) is 5.75 Å². The molecule has 20 heavy (non-hydrogen) atoms. The lowest BCUT2D eigenvalue weighted by molar-refractivity contribution is -0.140. The fourth-order valence-corrected chi connectivity index (χ4v) is 1.77. The van der Waals surface area contributed by atoms with Crippen LogP contribution < -0.4 is 0 Å². The number of hydrogen-bond acceptors (Lipinski definition) is 5. The number of carbonyl (C=O) groups is 2. The Morgan fingerprint density at radius 1 is 1.40 bits per heavy atom. The van der Waals surface area contributed by atoms with Crippen LogP contribution >= 0.6 is 0 Å². The van der Waals surface area contributed by atoms with Gasteiger partial charge in [-0.1, -0.05) is 13.8 Å². The van der Waals surface area contributed by atoms with Gasteiger partial charge in [-0.05, 0) is 12.0 Å². The van der Waals surface area contributed by atoms with Crippen LogP contribution in [0.2, 0.25) is 0 Å². The Hall–Kier alpha value is -2.11. The number of aromatic hydroxyl groups is 1. The Morgan fingerprint density at radius 3 is 2.65 bits per heavy atom. The summed E-state index contributed by atoms with van der Waals surface area (Å²) in [4.78, 5) is 28.9. The number of esters is 1. The smallest absolute Gasteiger partial charge is 0.307 e. The van der Waals surface area contributed by atoms with Gasteiger partial charge in [0.15, 0.2) is 0 Å². The van der Waals surface area contributed by atoms with Crippen LogP contribution in [0.3, 0.4) is 0 Å². The normalized spacial score (nSPS) is 10.4. The van der Waals surface area contributed by atoms with Gasteiger partial charge in [0.25, 0.3) is 5.91 Å². The van der Waals surface area contributed by atoms with Crippen molar-refractivity contribution in [3.05, 3.63) is 24.0 Å². The second-order valence-corrected chi connectivity index (χ2v) is 4.90. The van der Waals surface area contributed by atoms with Crippen LogP contribution in [-0.2, 0) is 9.53 Å². The molecule has 0 saturated carbocycles. The number of carbonyl (C=O) groups excluding carboxylic acids is 2. The van der Waals surface area contributed by atoms with Gasteiger partial charge < -0.3 is 14.7 Å². The van der Waals surface area contributed by atoms with Gasteiger partial charge in [-0.25, -0.2) is 0 Å². The predicted octanol–water partition coefficient (Wildman–Crippen LogP) is 1.45. The molecule has 0 aromatic carbocycles. The molecule has 1 aromatic rings. The standard InChI is InChI=1S/C14H20N2O4/c1-10(2)9-16(5-4-13(18)20-3)14(19)11-6-12(17)8-15-7-11/h6-8,10,17H,4-5,9H2,1-3H3. The predicted molar refractivity (Wildman–Crippen MR) is 73.3 cm³/mol. The van der Waals surface area contributed by atoms with Crippen molar-refractivity contribution in [1.82, 2.24) is 9.88 Å². The molecule has 0 aliphatic rings. The maximum absolute atomic E-state index is 12.4. The lowest BCUT2D eigenvalue weighted by Crippen LogP contribution is -2.36. The SMILES string of the molecule is COC(=O)CCN(CC(C)C)C(=O)c1cncc(O)c1. The number of methoxy groups -OCH3 is 1. The van der Waals surface area contributed by atoms with Crippen molar-refractivity contribution >= 4 is 11.9 Å². The molecule has 0 radical (unpaired) electrons. The molecule has 0 aliphatic carbocycles. The highest BCUT2D eigenvalue weighted by atomic mass is 16.5. The van der Waals surface area contributed by atoms with Crippen molar-refractivity contribution < 1.29 is 19.4 Å². The van der Waals surface area contributed by atoms with Crippen LogP contribution in [0.4, 0.5) is 0 Å². The van der Waals surface area contributed by atoms with E-state index in [9.17, 15) is 14.7 Å². The van der Waals surface area contributed by atoms with Crippen LogP contribution in [0.1, 0.15) is 30.6 Å². The fourth-order valence-electron chi connectivity index (χ4n) is 1.77. The molecule has 1 N–H and O–H groups in total. The highest BCUT2D eigenvalue weighted by molar-refractivity contribution is 5.94. The van der Waals surface area contributed by atoms with Crippen LogP contribution in [0.15, 0.2) is 18.5 Å².